The second-order valence-corrected chi connectivity index (χ2v) is 3.41. The van der Waals surface area contributed by atoms with Crippen LogP contribution in [0.2, 0.25) is 0 Å². The Hall–Kier alpha value is -1.87. The summed E-state index contributed by atoms with van der Waals surface area (Å²) in [5, 5.41) is 4.75. The highest BCUT2D eigenvalue weighted by atomic mass is 19.3. The number of aromatic nitrogens is 3. The summed E-state index contributed by atoms with van der Waals surface area (Å²) in [5.74, 6) is -4.35. The Bertz CT molecular complexity index is 418. The molecule has 10 heteroatoms. The summed E-state index contributed by atoms with van der Waals surface area (Å²) in [6, 6.07) is -0.117. The van der Waals surface area contributed by atoms with Gasteiger partial charge in [-0.25, -0.2) is 8.78 Å². The van der Waals surface area contributed by atoms with Crippen molar-refractivity contribution in [3.8, 4) is 6.01 Å². The highest BCUT2D eigenvalue weighted by Crippen LogP contribution is 2.23. The fourth-order valence-electron chi connectivity index (χ4n) is 1.04. The molecular weight excluding hydrogens is 270 g/mol. The summed E-state index contributed by atoms with van der Waals surface area (Å²) in [6.07, 6.45) is -3.77. The van der Waals surface area contributed by atoms with Gasteiger partial charge in [-0.3, -0.25) is 0 Å². The lowest BCUT2D eigenvalue weighted by Crippen LogP contribution is -2.35. The monoisotopic (exact) mass is 283 g/mol. The molecule has 0 aromatic carbocycles. The lowest BCUT2D eigenvalue weighted by Gasteiger charge is -2.16. The van der Waals surface area contributed by atoms with E-state index in [1.54, 1.807) is 6.92 Å². The van der Waals surface area contributed by atoms with Gasteiger partial charge in [0.2, 0.25) is 11.9 Å². The Morgan fingerprint density at radius 2 is 1.74 bits per heavy atom. The van der Waals surface area contributed by atoms with Crippen LogP contribution in [0, 0.1) is 0 Å². The van der Waals surface area contributed by atoms with Crippen LogP contribution in [-0.2, 0) is 0 Å². The van der Waals surface area contributed by atoms with E-state index in [1.807, 2.05) is 5.32 Å². The van der Waals surface area contributed by atoms with Crippen molar-refractivity contribution in [1.82, 2.24) is 15.0 Å². The summed E-state index contributed by atoms with van der Waals surface area (Å²) in [5.41, 5.74) is 0. The van der Waals surface area contributed by atoms with Gasteiger partial charge in [0.25, 0.3) is 0 Å². The summed E-state index contributed by atoms with van der Waals surface area (Å²) in [4.78, 5) is 11.1. The third-order valence-corrected chi connectivity index (χ3v) is 1.93. The van der Waals surface area contributed by atoms with E-state index in [2.05, 4.69) is 20.3 Å². The molecule has 0 saturated heterocycles. The van der Waals surface area contributed by atoms with Gasteiger partial charge in [0, 0.05) is 6.54 Å². The number of nitrogens with one attached hydrogen (secondary N) is 2. The van der Waals surface area contributed by atoms with E-state index in [1.165, 1.54) is 7.11 Å². The third-order valence-electron chi connectivity index (χ3n) is 1.93. The molecule has 19 heavy (non-hydrogen) atoms. The number of ether oxygens (including phenoxy) is 1. The van der Waals surface area contributed by atoms with Crippen molar-refractivity contribution in [3.63, 3.8) is 0 Å². The topological polar surface area (TPSA) is 72.0 Å². The molecule has 0 saturated carbocycles. The molecule has 0 amide bonds. The van der Waals surface area contributed by atoms with Gasteiger partial charge >= 0.3 is 18.4 Å². The Morgan fingerprint density at radius 1 is 1.16 bits per heavy atom. The number of hydrogen-bond donors (Lipinski definition) is 2. The quantitative estimate of drug-likeness (QED) is 0.741. The van der Waals surface area contributed by atoms with Crippen LogP contribution >= 0.6 is 0 Å². The predicted octanol–water partition coefficient (Wildman–Crippen LogP) is 1.62. The number of rotatable bonds is 7. The van der Waals surface area contributed by atoms with Crippen molar-refractivity contribution in [2.75, 3.05) is 30.8 Å². The summed E-state index contributed by atoms with van der Waals surface area (Å²) < 4.78 is 54.2. The van der Waals surface area contributed by atoms with E-state index in [0.29, 0.717) is 6.54 Å². The average Bonchev–Trinajstić information content (AvgIpc) is 2.36. The Kier molecular flexibility index (Phi) is 5.07. The van der Waals surface area contributed by atoms with Crippen LogP contribution in [0.25, 0.3) is 0 Å². The van der Waals surface area contributed by atoms with E-state index in [9.17, 15) is 17.6 Å². The third kappa shape index (κ3) is 4.38. The molecule has 2 N–H and O–H groups in total. The molecule has 0 aliphatic carbocycles. The maximum Gasteiger partial charge on any atom is 0.324 e. The number of methoxy groups -OCH3 is 1. The first-order valence-electron chi connectivity index (χ1n) is 5.32. The lowest BCUT2D eigenvalue weighted by molar-refractivity contribution is -0.117. The lowest BCUT2D eigenvalue weighted by atomic mass is 10.3. The van der Waals surface area contributed by atoms with Crippen molar-refractivity contribution in [2.45, 2.75) is 19.3 Å². The number of anilines is 2. The molecule has 0 aliphatic rings. The molecule has 0 spiro atoms. The van der Waals surface area contributed by atoms with Crippen LogP contribution in [0.15, 0.2) is 0 Å². The molecule has 0 unspecified atom stereocenters. The zero-order valence-corrected chi connectivity index (χ0v) is 10.3. The van der Waals surface area contributed by atoms with Crippen molar-refractivity contribution in [3.05, 3.63) is 0 Å². The molecule has 6 nitrogen and oxygen atoms in total. The summed E-state index contributed by atoms with van der Waals surface area (Å²) in [7, 11) is 1.28. The highest BCUT2D eigenvalue weighted by molar-refractivity contribution is 5.35. The minimum atomic E-state index is -4.17. The number of halogens is 4. The van der Waals surface area contributed by atoms with Crippen LogP contribution in [0.3, 0.4) is 0 Å². The maximum atomic E-state index is 12.7. The van der Waals surface area contributed by atoms with E-state index in [0.717, 1.165) is 0 Å². The van der Waals surface area contributed by atoms with E-state index in [4.69, 9.17) is 4.74 Å². The van der Waals surface area contributed by atoms with Gasteiger partial charge in [0.1, 0.15) is 0 Å². The van der Waals surface area contributed by atoms with Gasteiger partial charge in [-0.15, -0.1) is 0 Å². The van der Waals surface area contributed by atoms with E-state index in [-0.39, 0.29) is 17.9 Å². The smallest absolute Gasteiger partial charge is 0.324 e. The van der Waals surface area contributed by atoms with Crippen molar-refractivity contribution in [2.24, 2.45) is 0 Å². The van der Waals surface area contributed by atoms with Gasteiger partial charge in [-0.05, 0) is 6.92 Å². The first kappa shape index (κ1) is 15.2. The molecule has 1 rings (SSSR count). The molecule has 0 atom stereocenters. The van der Waals surface area contributed by atoms with Crippen molar-refractivity contribution < 1.29 is 22.3 Å². The number of nitrogens with zero attached hydrogens (tertiary/aromatic N) is 3. The Morgan fingerprint density at radius 3 is 2.21 bits per heavy atom. The zero-order valence-electron chi connectivity index (χ0n) is 10.3. The second-order valence-electron chi connectivity index (χ2n) is 3.41. The van der Waals surface area contributed by atoms with Gasteiger partial charge in [0.05, 0.1) is 13.7 Å². The first-order valence-corrected chi connectivity index (χ1v) is 5.32. The van der Waals surface area contributed by atoms with Gasteiger partial charge in [-0.2, -0.15) is 23.7 Å². The van der Waals surface area contributed by atoms with Crippen LogP contribution in [0.4, 0.5) is 29.5 Å². The molecule has 108 valence electrons. The minimum absolute atomic E-state index is 0.0946. The van der Waals surface area contributed by atoms with Gasteiger partial charge in [-0.1, -0.05) is 0 Å². The van der Waals surface area contributed by atoms with Crippen molar-refractivity contribution in [1.29, 1.82) is 0 Å². The fraction of sp³-hybridized carbons (Fsp3) is 0.667. The Labute approximate surface area is 106 Å². The summed E-state index contributed by atoms with van der Waals surface area (Å²) >= 11 is 0. The molecular formula is C9H13F4N5O. The maximum absolute atomic E-state index is 12.7. The largest absolute Gasteiger partial charge is 0.467 e. The zero-order chi connectivity index (χ0) is 14.5. The first-order chi connectivity index (χ1) is 8.89. The predicted molar refractivity (Wildman–Crippen MR) is 60.0 cm³/mol. The van der Waals surface area contributed by atoms with E-state index >= 15 is 0 Å². The average molecular weight is 283 g/mol. The molecule has 0 fully saturated rings. The molecule has 1 aromatic heterocycles. The van der Waals surface area contributed by atoms with Crippen LogP contribution in [-0.4, -0.2) is 47.5 Å². The standard InChI is InChI=1S/C9H13F4N5O/c1-3-14-6-16-7(18-8(17-6)19-2)15-4-9(12,13)5(10)11/h5H,3-4H2,1-2H3,(H2,14,15,16,17,18). The molecule has 1 aromatic rings. The number of hydrogen-bond acceptors (Lipinski definition) is 6. The molecule has 1 heterocycles. The van der Waals surface area contributed by atoms with E-state index < -0.39 is 18.9 Å². The van der Waals surface area contributed by atoms with Crippen LogP contribution < -0.4 is 15.4 Å². The Balaban J connectivity index is 2.80. The molecule has 0 aliphatic heterocycles. The fourth-order valence-corrected chi connectivity index (χ4v) is 1.04. The van der Waals surface area contributed by atoms with Crippen molar-refractivity contribution >= 4 is 11.9 Å². The highest BCUT2D eigenvalue weighted by Gasteiger charge is 2.40. The molecule has 0 bridgehead atoms. The minimum Gasteiger partial charge on any atom is -0.467 e. The van der Waals surface area contributed by atoms with Crippen LogP contribution in [0.5, 0.6) is 6.01 Å². The second kappa shape index (κ2) is 6.34. The summed E-state index contributed by atoms with van der Waals surface area (Å²) in [6.45, 7) is 0.970. The van der Waals surface area contributed by atoms with Crippen LogP contribution in [0.1, 0.15) is 6.92 Å². The SMILES string of the molecule is CCNc1nc(NCC(F)(F)C(F)F)nc(OC)n1. The molecule has 0 radical (unpaired) electrons. The van der Waals surface area contributed by atoms with Gasteiger partial charge in [0.15, 0.2) is 0 Å². The normalized spacial score (nSPS) is 11.5. The number of alkyl halides is 4. The van der Waals surface area contributed by atoms with Gasteiger partial charge < -0.3 is 15.4 Å².